The molecule has 1 rings (SSSR count). The third-order valence-electron chi connectivity index (χ3n) is 1.99. The number of carbonyl (C=O) groups excluding carboxylic acids is 1. The van der Waals surface area contributed by atoms with E-state index in [2.05, 4.69) is 4.74 Å². The highest BCUT2D eigenvalue weighted by atomic mass is 19.4. The Morgan fingerprint density at radius 1 is 1.19 bits per heavy atom. The van der Waals surface area contributed by atoms with Crippen molar-refractivity contribution in [3.63, 3.8) is 0 Å². The number of benzene rings is 1. The lowest BCUT2D eigenvalue weighted by atomic mass is 10.1. The van der Waals surface area contributed by atoms with Crippen molar-refractivity contribution in [2.24, 2.45) is 0 Å². The van der Waals surface area contributed by atoms with Gasteiger partial charge in [-0.3, -0.25) is 4.79 Å². The van der Waals surface area contributed by atoms with Gasteiger partial charge in [-0.15, -0.1) is 0 Å². The summed E-state index contributed by atoms with van der Waals surface area (Å²) < 4.78 is 47.5. The molecule has 0 spiro atoms. The first-order chi connectivity index (χ1) is 7.45. The molecule has 0 aliphatic rings. The normalized spacial score (nSPS) is 11.1. The average Bonchev–Trinajstić information content (AvgIpc) is 2.25. The molecule has 0 fully saturated rings. The molecular weight excluding hydrogens is 225 g/mol. The fourth-order valence-electron chi connectivity index (χ4n) is 1.33. The number of alkyl halides is 3. The molecule has 1 aromatic rings. The van der Waals surface area contributed by atoms with Crippen molar-refractivity contribution < 1.29 is 27.4 Å². The van der Waals surface area contributed by atoms with Gasteiger partial charge >= 0.3 is 6.18 Å². The van der Waals surface area contributed by atoms with Crippen LogP contribution in [0.3, 0.4) is 0 Å². The molecule has 0 aliphatic carbocycles. The number of hydrogen-bond donors (Lipinski definition) is 0. The molecule has 0 radical (unpaired) electrons. The number of carbonyl (C=O) groups is 1. The van der Waals surface area contributed by atoms with Crippen molar-refractivity contribution in [2.45, 2.75) is 6.18 Å². The van der Waals surface area contributed by atoms with Crippen LogP contribution >= 0.6 is 0 Å². The summed E-state index contributed by atoms with van der Waals surface area (Å²) in [5.74, 6) is -0.556. The summed E-state index contributed by atoms with van der Waals surface area (Å²) in [6.45, 7) is 0. The number of aldehydes is 1. The van der Waals surface area contributed by atoms with Crippen molar-refractivity contribution in [1.82, 2.24) is 0 Å². The first kappa shape index (κ1) is 12.4. The smallest absolute Gasteiger partial charge is 0.420 e. The van der Waals surface area contributed by atoms with Crippen molar-refractivity contribution in [1.29, 1.82) is 0 Å². The van der Waals surface area contributed by atoms with Crippen LogP contribution in [0.4, 0.5) is 13.2 Å². The molecule has 6 heteroatoms. The monoisotopic (exact) mass is 234 g/mol. The zero-order chi connectivity index (χ0) is 12.3. The summed E-state index contributed by atoms with van der Waals surface area (Å²) in [4.78, 5) is 10.5. The molecule has 0 unspecified atom stereocenters. The highest BCUT2D eigenvalue weighted by Crippen LogP contribution is 2.43. The first-order valence-electron chi connectivity index (χ1n) is 4.23. The van der Waals surface area contributed by atoms with Crippen molar-refractivity contribution in [3.05, 3.63) is 23.3 Å². The predicted octanol–water partition coefficient (Wildman–Crippen LogP) is 2.54. The van der Waals surface area contributed by atoms with Gasteiger partial charge in [0, 0.05) is 5.56 Å². The number of halogens is 3. The summed E-state index contributed by atoms with van der Waals surface area (Å²) in [5.41, 5.74) is -1.60. The second-order valence-electron chi connectivity index (χ2n) is 2.88. The third-order valence-corrected chi connectivity index (χ3v) is 1.99. The average molecular weight is 234 g/mol. The second kappa shape index (κ2) is 4.42. The Balaban J connectivity index is 3.56. The van der Waals surface area contributed by atoms with Crippen LogP contribution in [0.15, 0.2) is 12.1 Å². The Bertz CT molecular complexity index is 399. The van der Waals surface area contributed by atoms with E-state index in [1.54, 1.807) is 0 Å². The van der Waals surface area contributed by atoms with Gasteiger partial charge in [0.25, 0.3) is 0 Å². The largest absolute Gasteiger partial charge is 0.493 e. The summed E-state index contributed by atoms with van der Waals surface area (Å²) in [7, 11) is 2.31. The lowest BCUT2D eigenvalue weighted by Gasteiger charge is -2.16. The van der Waals surface area contributed by atoms with Crippen LogP contribution in [0.1, 0.15) is 15.9 Å². The molecule has 0 amide bonds. The Hall–Kier alpha value is -1.72. The Kier molecular flexibility index (Phi) is 3.41. The van der Waals surface area contributed by atoms with E-state index in [1.165, 1.54) is 13.2 Å². The third kappa shape index (κ3) is 2.10. The molecule has 0 saturated carbocycles. The van der Waals surface area contributed by atoms with Gasteiger partial charge in [-0.2, -0.15) is 13.2 Å². The molecule has 16 heavy (non-hydrogen) atoms. The fraction of sp³-hybridized carbons (Fsp3) is 0.300. The molecule has 0 heterocycles. The molecule has 3 nitrogen and oxygen atoms in total. The van der Waals surface area contributed by atoms with Gasteiger partial charge in [0.15, 0.2) is 17.8 Å². The molecule has 0 bridgehead atoms. The summed E-state index contributed by atoms with van der Waals surface area (Å²) in [6.07, 6.45) is -4.54. The zero-order valence-corrected chi connectivity index (χ0v) is 8.59. The quantitative estimate of drug-likeness (QED) is 0.754. The van der Waals surface area contributed by atoms with Gasteiger partial charge in [-0.05, 0) is 12.1 Å². The van der Waals surface area contributed by atoms with Crippen LogP contribution in [0.2, 0.25) is 0 Å². The summed E-state index contributed by atoms with van der Waals surface area (Å²) in [6, 6.07) is 2.29. The van der Waals surface area contributed by atoms with E-state index in [4.69, 9.17) is 4.74 Å². The van der Waals surface area contributed by atoms with E-state index in [0.29, 0.717) is 0 Å². The maximum atomic E-state index is 12.7. The highest BCUT2D eigenvalue weighted by Gasteiger charge is 2.38. The van der Waals surface area contributed by atoms with E-state index < -0.39 is 23.1 Å². The number of methoxy groups -OCH3 is 2. The van der Waals surface area contributed by atoms with E-state index >= 15 is 0 Å². The first-order valence-corrected chi connectivity index (χ1v) is 4.23. The minimum absolute atomic E-state index is 0.0691. The topological polar surface area (TPSA) is 35.5 Å². The Labute approximate surface area is 89.8 Å². The van der Waals surface area contributed by atoms with Gasteiger partial charge in [-0.1, -0.05) is 0 Å². The van der Waals surface area contributed by atoms with Gasteiger partial charge in [-0.25, -0.2) is 0 Å². The van der Waals surface area contributed by atoms with Crippen LogP contribution < -0.4 is 9.47 Å². The molecule has 0 saturated heterocycles. The van der Waals surface area contributed by atoms with Gasteiger partial charge < -0.3 is 9.47 Å². The summed E-state index contributed by atoms with van der Waals surface area (Å²) in [5, 5.41) is 0. The number of rotatable bonds is 3. The standard InChI is InChI=1S/C10H9F3O3/c1-15-7-4-3-6(5-14)8(9(7)16-2)10(11,12)13/h3-5H,1-2H3. The maximum absolute atomic E-state index is 12.7. The zero-order valence-electron chi connectivity index (χ0n) is 8.59. The fourth-order valence-corrected chi connectivity index (χ4v) is 1.33. The predicted molar refractivity (Wildman–Crippen MR) is 49.9 cm³/mol. The number of ether oxygens (including phenoxy) is 2. The highest BCUT2D eigenvalue weighted by molar-refractivity contribution is 5.80. The minimum Gasteiger partial charge on any atom is -0.493 e. The Morgan fingerprint density at radius 3 is 2.19 bits per heavy atom. The summed E-state index contributed by atoms with van der Waals surface area (Å²) >= 11 is 0. The van der Waals surface area contributed by atoms with Crippen LogP contribution in [0, 0.1) is 0 Å². The molecule has 0 aliphatic heterocycles. The van der Waals surface area contributed by atoms with E-state index in [1.807, 2.05) is 0 Å². The van der Waals surface area contributed by atoms with Crippen molar-refractivity contribution in [2.75, 3.05) is 14.2 Å². The molecule has 88 valence electrons. The van der Waals surface area contributed by atoms with Crippen molar-refractivity contribution >= 4 is 6.29 Å². The lowest BCUT2D eigenvalue weighted by molar-refractivity contribution is -0.139. The van der Waals surface area contributed by atoms with E-state index in [9.17, 15) is 18.0 Å². The van der Waals surface area contributed by atoms with Crippen LogP contribution in [0.5, 0.6) is 11.5 Å². The SMILES string of the molecule is COc1ccc(C=O)c(C(F)(F)F)c1OC. The van der Waals surface area contributed by atoms with Gasteiger partial charge in [0.1, 0.15) is 5.56 Å². The lowest BCUT2D eigenvalue weighted by Crippen LogP contribution is -2.12. The minimum atomic E-state index is -4.67. The Morgan fingerprint density at radius 2 is 1.81 bits per heavy atom. The van der Waals surface area contributed by atoms with Crippen LogP contribution in [0.25, 0.3) is 0 Å². The molecule has 0 atom stereocenters. The molecule has 0 aromatic heterocycles. The van der Waals surface area contributed by atoms with Gasteiger partial charge in [0.05, 0.1) is 14.2 Å². The van der Waals surface area contributed by atoms with Crippen LogP contribution in [-0.4, -0.2) is 20.5 Å². The van der Waals surface area contributed by atoms with Gasteiger partial charge in [0.2, 0.25) is 0 Å². The molecule has 0 N–H and O–H groups in total. The number of hydrogen-bond acceptors (Lipinski definition) is 3. The maximum Gasteiger partial charge on any atom is 0.420 e. The van der Waals surface area contributed by atoms with Crippen LogP contribution in [-0.2, 0) is 6.18 Å². The molecule has 1 aromatic carbocycles. The second-order valence-corrected chi connectivity index (χ2v) is 2.88. The van der Waals surface area contributed by atoms with E-state index in [0.717, 1.165) is 13.2 Å². The molecular formula is C10H9F3O3. The van der Waals surface area contributed by atoms with E-state index in [-0.39, 0.29) is 12.0 Å². The van der Waals surface area contributed by atoms with Crippen molar-refractivity contribution in [3.8, 4) is 11.5 Å².